The predicted molar refractivity (Wildman–Crippen MR) is 108 cm³/mol. The number of hydrogen-bond donors (Lipinski definition) is 0. The van der Waals surface area contributed by atoms with Crippen LogP contribution in [0.3, 0.4) is 0 Å². The Labute approximate surface area is 162 Å². The number of oxazole rings is 1. The molecule has 7 nitrogen and oxygen atoms in total. The Balaban J connectivity index is 1.39. The minimum atomic E-state index is 0.536. The Morgan fingerprint density at radius 3 is 2.32 bits per heavy atom. The third-order valence-electron chi connectivity index (χ3n) is 4.98. The standard InChI is InChI=1S/C21H20N6O/c1-15-18-20(28-19(24-18)16-7-3-2-4-8-16)25-21(23-15)27-13-11-26(12-14-27)17-9-5-6-10-22-17/h2-10H,11-14H2,1H3. The highest BCUT2D eigenvalue weighted by Gasteiger charge is 2.22. The molecule has 1 fully saturated rings. The van der Waals surface area contributed by atoms with Crippen LogP contribution in [0.15, 0.2) is 59.1 Å². The van der Waals surface area contributed by atoms with Crippen molar-refractivity contribution in [2.45, 2.75) is 6.92 Å². The van der Waals surface area contributed by atoms with Gasteiger partial charge in [0, 0.05) is 37.9 Å². The van der Waals surface area contributed by atoms with E-state index >= 15 is 0 Å². The van der Waals surface area contributed by atoms with Gasteiger partial charge in [0.1, 0.15) is 5.82 Å². The van der Waals surface area contributed by atoms with E-state index in [1.54, 1.807) is 0 Å². The largest absolute Gasteiger partial charge is 0.417 e. The van der Waals surface area contributed by atoms with Crippen molar-refractivity contribution in [2.75, 3.05) is 36.0 Å². The van der Waals surface area contributed by atoms with Crippen molar-refractivity contribution in [1.82, 2.24) is 19.9 Å². The molecule has 0 amide bonds. The van der Waals surface area contributed by atoms with Gasteiger partial charge < -0.3 is 14.2 Å². The van der Waals surface area contributed by atoms with Crippen LogP contribution < -0.4 is 9.80 Å². The fraction of sp³-hybridized carbons (Fsp3) is 0.238. The molecule has 3 aromatic heterocycles. The van der Waals surface area contributed by atoms with Gasteiger partial charge in [-0.05, 0) is 31.2 Å². The maximum absolute atomic E-state index is 5.95. The summed E-state index contributed by atoms with van der Waals surface area (Å²) in [4.78, 5) is 22.8. The number of pyridine rings is 1. The zero-order chi connectivity index (χ0) is 18.9. The first-order valence-electron chi connectivity index (χ1n) is 9.39. The van der Waals surface area contributed by atoms with Gasteiger partial charge >= 0.3 is 0 Å². The molecular weight excluding hydrogens is 352 g/mol. The second kappa shape index (κ2) is 6.92. The van der Waals surface area contributed by atoms with Gasteiger partial charge in [0.15, 0.2) is 5.52 Å². The molecule has 28 heavy (non-hydrogen) atoms. The molecule has 1 aliphatic rings. The van der Waals surface area contributed by atoms with Crippen molar-refractivity contribution in [2.24, 2.45) is 0 Å². The molecule has 4 heterocycles. The summed E-state index contributed by atoms with van der Waals surface area (Å²) >= 11 is 0. The third-order valence-corrected chi connectivity index (χ3v) is 4.98. The molecule has 0 atom stereocenters. The second-order valence-corrected chi connectivity index (χ2v) is 6.81. The van der Waals surface area contributed by atoms with Crippen LogP contribution in [0.25, 0.3) is 22.7 Å². The molecule has 5 rings (SSSR count). The van der Waals surface area contributed by atoms with E-state index in [-0.39, 0.29) is 0 Å². The quantitative estimate of drug-likeness (QED) is 0.546. The molecule has 7 heteroatoms. The summed E-state index contributed by atoms with van der Waals surface area (Å²) < 4.78 is 5.95. The lowest BCUT2D eigenvalue weighted by Gasteiger charge is -2.35. The molecule has 1 aromatic carbocycles. The molecule has 0 spiro atoms. The van der Waals surface area contributed by atoms with Gasteiger partial charge in [0.05, 0.1) is 5.69 Å². The number of aromatic nitrogens is 4. The van der Waals surface area contributed by atoms with Gasteiger partial charge in [-0.2, -0.15) is 4.98 Å². The second-order valence-electron chi connectivity index (χ2n) is 6.81. The number of anilines is 2. The summed E-state index contributed by atoms with van der Waals surface area (Å²) in [5, 5.41) is 0. The average molecular weight is 372 g/mol. The maximum atomic E-state index is 5.95. The van der Waals surface area contributed by atoms with Crippen LogP contribution in [0, 0.1) is 6.92 Å². The summed E-state index contributed by atoms with van der Waals surface area (Å²) in [6.07, 6.45) is 1.83. The highest BCUT2D eigenvalue weighted by Crippen LogP contribution is 2.26. The van der Waals surface area contributed by atoms with Crippen LogP contribution in [0.1, 0.15) is 5.69 Å². The SMILES string of the molecule is Cc1nc(N2CCN(c3ccccn3)CC2)nc2oc(-c3ccccc3)nc12. The van der Waals surface area contributed by atoms with E-state index in [0.717, 1.165) is 48.8 Å². The Kier molecular flexibility index (Phi) is 4.12. The summed E-state index contributed by atoms with van der Waals surface area (Å²) in [5.74, 6) is 2.28. The lowest BCUT2D eigenvalue weighted by Crippen LogP contribution is -2.47. The van der Waals surface area contributed by atoms with Crippen molar-refractivity contribution in [3.05, 3.63) is 60.4 Å². The van der Waals surface area contributed by atoms with Gasteiger partial charge in [0.2, 0.25) is 11.8 Å². The summed E-state index contributed by atoms with van der Waals surface area (Å²) in [5.41, 5.74) is 3.02. The molecule has 0 N–H and O–H groups in total. The van der Waals surface area contributed by atoms with Gasteiger partial charge in [-0.1, -0.05) is 24.3 Å². The van der Waals surface area contributed by atoms with Gasteiger partial charge in [-0.3, -0.25) is 0 Å². The van der Waals surface area contributed by atoms with Crippen LogP contribution in [0.2, 0.25) is 0 Å². The van der Waals surface area contributed by atoms with Crippen molar-refractivity contribution in [1.29, 1.82) is 0 Å². The average Bonchev–Trinajstić information content (AvgIpc) is 3.20. The molecule has 1 aliphatic heterocycles. The fourth-order valence-electron chi connectivity index (χ4n) is 3.46. The maximum Gasteiger partial charge on any atom is 0.252 e. The molecule has 0 saturated carbocycles. The Morgan fingerprint density at radius 1 is 0.821 bits per heavy atom. The lowest BCUT2D eigenvalue weighted by atomic mass is 10.2. The topological polar surface area (TPSA) is 71.2 Å². The molecular formula is C21H20N6O. The number of fused-ring (bicyclic) bond motifs is 1. The van der Waals surface area contributed by atoms with Crippen molar-refractivity contribution in [3.8, 4) is 11.5 Å². The Bertz CT molecular complexity index is 1090. The molecule has 1 saturated heterocycles. The van der Waals surface area contributed by atoms with Crippen LogP contribution in [-0.2, 0) is 0 Å². The third kappa shape index (κ3) is 3.05. The monoisotopic (exact) mass is 372 g/mol. The van der Waals surface area contributed by atoms with Crippen LogP contribution in [-0.4, -0.2) is 46.1 Å². The summed E-state index contributed by atoms with van der Waals surface area (Å²) in [6, 6.07) is 15.9. The van der Waals surface area contributed by atoms with E-state index in [0.29, 0.717) is 17.6 Å². The van der Waals surface area contributed by atoms with E-state index in [2.05, 4.69) is 29.7 Å². The smallest absolute Gasteiger partial charge is 0.252 e. The number of aryl methyl sites for hydroxylation is 1. The number of hydrogen-bond acceptors (Lipinski definition) is 7. The lowest BCUT2D eigenvalue weighted by molar-refractivity contribution is 0.600. The molecule has 4 aromatic rings. The first-order valence-corrected chi connectivity index (χ1v) is 9.39. The van der Waals surface area contributed by atoms with Gasteiger partial charge in [-0.15, -0.1) is 0 Å². The predicted octanol–water partition coefficient (Wildman–Crippen LogP) is 3.31. The van der Waals surface area contributed by atoms with Gasteiger partial charge in [-0.25, -0.2) is 15.0 Å². The molecule has 0 unspecified atom stereocenters. The normalized spacial score (nSPS) is 14.6. The first kappa shape index (κ1) is 16.7. The highest BCUT2D eigenvalue weighted by atomic mass is 16.4. The highest BCUT2D eigenvalue weighted by molar-refractivity contribution is 5.76. The van der Waals surface area contributed by atoms with Crippen molar-refractivity contribution >= 4 is 23.0 Å². The number of piperazine rings is 1. The molecule has 140 valence electrons. The number of rotatable bonds is 3. The van der Waals surface area contributed by atoms with Gasteiger partial charge in [0.25, 0.3) is 5.71 Å². The van der Waals surface area contributed by atoms with E-state index < -0.39 is 0 Å². The summed E-state index contributed by atoms with van der Waals surface area (Å²) in [7, 11) is 0. The summed E-state index contributed by atoms with van der Waals surface area (Å²) in [6.45, 7) is 5.38. The molecule has 0 bridgehead atoms. The van der Waals surface area contributed by atoms with E-state index in [9.17, 15) is 0 Å². The molecule has 0 radical (unpaired) electrons. The minimum Gasteiger partial charge on any atom is -0.417 e. The van der Waals surface area contributed by atoms with Crippen molar-refractivity contribution in [3.63, 3.8) is 0 Å². The van der Waals surface area contributed by atoms with E-state index in [1.807, 2.05) is 61.7 Å². The minimum absolute atomic E-state index is 0.536. The van der Waals surface area contributed by atoms with Crippen LogP contribution in [0.5, 0.6) is 0 Å². The van der Waals surface area contributed by atoms with Crippen molar-refractivity contribution < 1.29 is 4.42 Å². The zero-order valence-electron chi connectivity index (χ0n) is 15.6. The van der Waals surface area contributed by atoms with Crippen LogP contribution in [0.4, 0.5) is 11.8 Å². The van der Waals surface area contributed by atoms with Crippen LogP contribution >= 0.6 is 0 Å². The Morgan fingerprint density at radius 2 is 1.57 bits per heavy atom. The molecule has 0 aliphatic carbocycles. The first-order chi connectivity index (χ1) is 13.8. The van der Waals surface area contributed by atoms with E-state index in [1.165, 1.54) is 0 Å². The Hall–Kier alpha value is -3.48. The number of nitrogens with zero attached hydrogens (tertiary/aromatic N) is 6. The zero-order valence-corrected chi connectivity index (χ0v) is 15.6. The number of benzene rings is 1. The van der Waals surface area contributed by atoms with E-state index in [4.69, 9.17) is 4.42 Å². The fourth-order valence-corrected chi connectivity index (χ4v) is 3.46.